The lowest BCUT2D eigenvalue weighted by molar-refractivity contribution is 0.101. The standard InChI is InChI=1S/C9H14N2O3S/c1-7(12)8-6-11(2)10-9(8)4-5-15(3,13)14/h6H,4-5H2,1-3H3. The summed E-state index contributed by atoms with van der Waals surface area (Å²) in [5.41, 5.74) is 1.05. The zero-order valence-corrected chi connectivity index (χ0v) is 9.84. The minimum Gasteiger partial charge on any atom is -0.294 e. The molecule has 0 unspecified atom stereocenters. The van der Waals surface area contributed by atoms with E-state index in [0.29, 0.717) is 11.3 Å². The van der Waals surface area contributed by atoms with E-state index in [2.05, 4.69) is 5.10 Å². The number of hydrogen-bond acceptors (Lipinski definition) is 4. The van der Waals surface area contributed by atoms with Crippen LogP contribution in [0.4, 0.5) is 0 Å². The molecular weight excluding hydrogens is 216 g/mol. The van der Waals surface area contributed by atoms with Crippen molar-refractivity contribution in [1.82, 2.24) is 9.78 Å². The third kappa shape index (κ3) is 3.47. The average molecular weight is 230 g/mol. The Bertz CT molecular complexity index is 474. The molecule has 15 heavy (non-hydrogen) atoms. The monoisotopic (exact) mass is 230 g/mol. The Balaban J connectivity index is 2.90. The lowest BCUT2D eigenvalue weighted by Gasteiger charge is -1.97. The van der Waals surface area contributed by atoms with Crippen LogP contribution in [0.1, 0.15) is 23.0 Å². The van der Waals surface area contributed by atoms with Gasteiger partial charge in [0.25, 0.3) is 0 Å². The van der Waals surface area contributed by atoms with Crippen LogP contribution in [0.5, 0.6) is 0 Å². The Labute approximate surface area is 89.0 Å². The first-order valence-corrected chi connectivity index (χ1v) is 6.57. The van der Waals surface area contributed by atoms with Crippen LogP contribution >= 0.6 is 0 Å². The quantitative estimate of drug-likeness (QED) is 0.693. The van der Waals surface area contributed by atoms with Gasteiger partial charge in [-0.2, -0.15) is 5.10 Å². The normalized spacial score (nSPS) is 11.7. The Morgan fingerprint density at radius 3 is 2.60 bits per heavy atom. The number of ketones is 1. The number of rotatable bonds is 4. The summed E-state index contributed by atoms with van der Waals surface area (Å²) in [7, 11) is -1.31. The van der Waals surface area contributed by atoms with Crippen molar-refractivity contribution in [1.29, 1.82) is 0 Å². The molecule has 0 aromatic carbocycles. The highest BCUT2D eigenvalue weighted by Gasteiger charge is 2.13. The maximum atomic E-state index is 11.2. The molecule has 0 fully saturated rings. The minimum atomic E-state index is -3.02. The summed E-state index contributed by atoms with van der Waals surface area (Å²) in [6, 6.07) is 0. The van der Waals surface area contributed by atoms with E-state index in [1.807, 2.05) is 0 Å². The lowest BCUT2D eigenvalue weighted by Crippen LogP contribution is -2.08. The van der Waals surface area contributed by atoms with Gasteiger partial charge >= 0.3 is 0 Å². The van der Waals surface area contributed by atoms with Gasteiger partial charge in [-0.15, -0.1) is 0 Å². The molecule has 0 saturated heterocycles. The molecule has 0 aliphatic rings. The topological polar surface area (TPSA) is 69.0 Å². The van der Waals surface area contributed by atoms with E-state index in [1.165, 1.54) is 17.9 Å². The largest absolute Gasteiger partial charge is 0.294 e. The zero-order chi connectivity index (χ0) is 11.6. The lowest BCUT2D eigenvalue weighted by atomic mass is 10.1. The molecule has 0 radical (unpaired) electrons. The van der Waals surface area contributed by atoms with E-state index in [1.54, 1.807) is 13.2 Å². The third-order valence-electron chi connectivity index (χ3n) is 1.99. The van der Waals surface area contributed by atoms with Gasteiger partial charge in [0.15, 0.2) is 5.78 Å². The molecule has 1 aromatic heterocycles. The van der Waals surface area contributed by atoms with Crippen LogP contribution in [0.25, 0.3) is 0 Å². The smallest absolute Gasteiger partial charge is 0.163 e. The van der Waals surface area contributed by atoms with Gasteiger partial charge < -0.3 is 0 Å². The number of Topliss-reactive ketones (excluding diaryl/α,β-unsaturated/α-hetero) is 1. The Kier molecular flexibility index (Phi) is 3.28. The minimum absolute atomic E-state index is 0.0181. The van der Waals surface area contributed by atoms with Crippen LogP contribution in [0.3, 0.4) is 0 Å². The van der Waals surface area contributed by atoms with E-state index < -0.39 is 9.84 Å². The SMILES string of the molecule is CC(=O)c1cn(C)nc1CCS(C)(=O)=O. The van der Waals surface area contributed by atoms with Crippen molar-refractivity contribution in [2.45, 2.75) is 13.3 Å². The fourth-order valence-corrected chi connectivity index (χ4v) is 1.86. The maximum Gasteiger partial charge on any atom is 0.163 e. The molecule has 0 amide bonds. The molecule has 0 N–H and O–H groups in total. The van der Waals surface area contributed by atoms with Crippen molar-refractivity contribution in [2.75, 3.05) is 12.0 Å². The second-order valence-corrected chi connectivity index (χ2v) is 5.86. The highest BCUT2D eigenvalue weighted by Crippen LogP contribution is 2.08. The number of hydrogen-bond donors (Lipinski definition) is 0. The summed E-state index contributed by atoms with van der Waals surface area (Å²) in [5, 5.41) is 4.07. The van der Waals surface area contributed by atoms with Gasteiger partial charge in [-0.05, 0) is 6.92 Å². The van der Waals surface area contributed by atoms with Gasteiger partial charge in [-0.1, -0.05) is 0 Å². The van der Waals surface area contributed by atoms with Gasteiger partial charge in [0, 0.05) is 25.9 Å². The van der Waals surface area contributed by atoms with Gasteiger partial charge in [-0.25, -0.2) is 8.42 Å². The van der Waals surface area contributed by atoms with Gasteiger partial charge in [0.05, 0.1) is 17.0 Å². The summed E-state index contributed by atoms with van der Waals surface area (Å²) < 4.78 is 23.5. The predicted octanol–water partition coefficient (Wildman–Crippen LogP) is 0.210. The first kappa shape index (κ1) is 11.9. The molecular formula is C9H14N2O3S. The van der Waals surface area contributed by atoms with Crippen LogP contribution in [0, 0.1) is 0 Å². The molecule has 0 saturated carbocycles. The average Bonchev–Trinajstić information content (AvgIpc) is 2.42. The van der Waals surface area contributed by atoms with E-state index in [-0.39, 0.29) is 18.0 Å². The molecule has 1 aromatic rings. The van der Waals surface area contributed by atoms with Crippen LogP contribution < -0.4 is 0 Å². The third-order valence-corrected chi connectivity index (χ3v) is 2.94. The second kappa shape index (κ2) is 4.14. The second-order valence-electron chi connectivity index (χ2n) is 3.60. The molecule has 0 bridgehead atoms. The van der Waals surface area contributed by atoms with E-state index in [0.717, 1.165) is 0 Å². The summed E-state index contributed by atoms with van der Waals surface area (Å²) in [6.07, 6.45) is 3.07. The number of nitrogens with zero attached hydrogens (tertiary/aromatic N) is 2. The molecule has 0 atom stereocenters. The van der Waals surface area contributed by atoms with Crippen molar-refractivity contribution in [3.8, 4) is 0 Å². The molecule has 0 spiro atoms. The predicted molar refractivity (Wildman–Crippen MR) is 56.6 cm³/mol. The summed E-state index contributed by atoms with van der Waals surface area (Å²) in [5.74, 6) is -0.0730. The highest BCUT2D eigenvalue weighted by molar-refractivity contribution is 7.90. The van der Waals surface area contributed by atoms with Gasteiger partial charge in [0.1, 0.15) is 9.84 Å². The Hall–Kier alpha value is -1.17. The molecule has 1 rings (SSSR count). The van der Waals surface area contributed by atoms with Crippen molar-refractivity contribution >= 4 is 15.6 Å². The first-order chi connectivity index (χ1) is 6.79. The van der Waals surface area contributed by atoms with Crippen molar-refractivity contribution < 1.29 is 13.2 Å². The van der Waals surface area contributed by atoms with Crippen molar-refractivity contribution in [3.05, 3.63) is 17.5 Å². The molecule has 0 aliphatic carbocycles. The van der Waals surface area contributed by atoms with Crippen LogP contribution in [-0.4, -0.2) is 36.0 Å². The van der Waals surface area contributed by atoms with Crippen LogP contribution in [-0.2, 0) is 23.3 Å². The fourth-order valence-electron chi connectivity index (χ4n) is 1.30. The first-order valence-electron chi connectivity index (χ1n) is 4.51. The zero-order valence-electron chi connectivity index (χ0n) is 9.02. The molecule has 1 heterocycles. The number of aromatic nitrogens is 2. The van der Waals surface area contributed by atoms with E-state index in [4.69, 9.17) is 0 Å². The van der Waals surface area contributed by atoms with Crippen molar-refractivity contribution in [3.63, 3.8) is 0 Å². The van der Waals surface area contributed by atoms with E-state index >= 15 is 0 Å². The number of aryl methyl sites for hydroxylation is 2. The fraction of sp³-hybridized carbons (Fsp3) is 0.556. The summed E-state index contributed by atoms with van der Waals surface area (Å²) >= 11 is 0. The van der Waals surface area contributed by atoms with Crippen LogP contribution in [0.2, 0.25) is 0 Å². The highest BCUT2D eigenvalue weighted by atomic mass is 32.2. The molecule has 5 nitrogen and oxygen atoms in total. The van der Waals surface area contributed by atoms with E-state index in [9.17, 15) is 13.2 Å². The van der Waals surface area contributed by atoms with Crippen LogP contribution in [0.15, 0.2) is 6.20 Å². The maximum absolute atomic E-state index is 11.2. The Morgan fingerprint density at radius 1 is 1.53 bits per heavy atom. The molecule has 0 aliphatic heterocycles. The van der Waals surface area contributed by atoms with Gasteiger partial charge in [-0.3, -0.25) is 9.48 Å². The molecule has 84 valence electrons. The van der Waals surface area contributed by atoms with Crippen molar-refractivity contribution in [2.24, 2.45) is 7.05 Å². The Morgan fingerprint density at radius 2 is 2.13 bits per heavy atom. The summed E-state index contributed by atoms with van der Waals surface area (Å²) in [6.45, 7) is 1.45. The number of carbonyl (C=O) groups excluding carboxylic acids is 1. The van der Waals surface area contributed by atoms with Gasteiger partial charge in [0.2, 0.25) is 0 Å². The molecule has 6 heteroatoms. The number of sulfone groups is 1. The summed E-state index contributed by atoms with van der Waals surface area (Å²) in [4.78, 5) is 11.2. The number of carbonyl (C=O) groups is 1.